The Bertz CT molecular complexity index is 761. The van der Waals surface area contributed by atoms with Gasteiger partial charge in [-0.3, -0.25) is 9.69 Å². The normalized spacial score (nSPS) is 20.7. The summed E-state index contributed by atoms with van der Waals surface area (Å²) >= 11 is 0. The lowest BCUT2D eigenvalue weighted by Crippen LogP contribution is -2.46. The summed E-state index contributed by atoms with van der Waals surface area (Å²) in [6.07, 6.45) is -0.722. The van der Waals surface area contributed by atoms with Gasteiger partial charge >= 0.3 is 6.09 Å². The van der Waals surface area contributed by atoms with Crippen LogP contribution in [0.2, 0.25) is 0 Å². The molecule has 0 saturated carbocycles. The molecule has 2 atom stereocenters. The van der Waals surface area contributed by atoms with E-state index in [9.17, 15) is 22.4 Å². The second-order valence-electron chi connectivity index (χ2n) is 6.94. The molecule has 10 heteroatoms. The smallest absolute Gasteiger partial charge is 0.411 e. The average molecular weight is 387 g/mol. The van der Waals surface area contributed by atoms with E-state index in [1.165, 1.54) is 4.90 Å². The Balaban J connectivity index is 2.12. The fraction of sp³-hybridized carbons (Fsp3) is 0.500. The monoisotopic (exact) mass is 387 g/mol. The van der Waals surface area contributed by atoms with Crippen LogP contribution in [0.4, 0.5) is 9.18 Å². The predicted octanol–water partition coefficient (Wildman–Crippen LogP) is 1.19. The van der Waals surface area contributed by atoms with Crippen LogP contribution < -0.4 is 10.0 Å². The number of likely N-dealkylation sites (tertiary alicyclic amines) is 1. The summed E-state index contributed by atoms with van der Waals surface area (Å²) in [5.41, 5.74) is -0.728. The van der Waals surface area contributed by atoms with E-state index in [1.54, 1.807) is 20.8 Å². The van der Waals surface area contributed by atoms with E-state index >= 15 is 0 Å². The van der Waals surface area contributed by atoms with E-state index in [0.717, 1.165) is 24.3 Å². The highest BCUT2D eigenvalue weighted by molar-refractivity contribution is 7.89. The van der Waals surface area contributed by atoms with Crippen molar-refractivity contribution in [1.29, 1.82) is 0 Å². The number of hydrogen-bond acceptors (Lipinski definition) is 5. The second-order valence-corrected chi connectivity index (χ2v) is 8.65. The van der Waals surface area contributed by atoms with E-state index in [2.05, 4.69) is 10.0 Å². The molecule has 1 aliphatic heterocycles. The summed E-state index contributed by atoms with van der Waals surface area (Å²) in [5.74, 6) is -0.545. The van der Waals surface area contributed by atoms with Crippen molar-refractivity contribution in [2.75, 3.05) is 6.54 Å². The van der Waals surface area contributed by atoms with Gasteiger partial charge in [0, 0.05) is 19.0 Å². The first-order valence-corrected chi connectivity index (χ1v) is 9.47. The van der Waals surface area contributed by atoms with Gasteiger partial charge in [-0.1, -0.05) is 0 Å². The lowest BCUT2D eigenvalue weighted by molar-refractivity contribution is -0.110. The molecule has 1 fully saturated rings. The van der Waals surface area contributed by atoms with Crippen molar-refractivity contribution in [2.45, 2.75) is 49.9 Å². The standard InChI is InChI=1S/C16H22FN3O5S/c1-16(2,3)25-15(22)20-9-12(8-14(20)18-10-21)19-26(23,24)13-6-4-11(17)5-7-13/h4-7,10,12,14,19H,8-9H2,1-3H3,(H,18,21)/t12-,14+/m1/s1. The van der Waals surface area contributed by atoms with Crippen LogP contribution in [0.15, 0.2) is 29.2 Å². The Kier molecular flexibility index (Phi) is 5.87. The van der Waals surface area contributed by atoms with Crippen molar-refractivity contribution < 1.29 is 27.1 Å². The van der Waals surface area contributed by atoms with Crippen molar-refractivity contribution in [3.05, 3.63) is 30.1 Å². The van der Waals surface area contributed by atoms with E-state index in [1.807, 2.05) is 0 Å². The maximum Gasteiger partial charge on any atom is 0.411 e. The third-order valence-corrected chi connectivity index (χ3v) is 5.17. The molecule has 0 bridgehead atoms. The maximum absolute atomic E-state index is 13.0. The molecule has 2 rings (SSSR count). The number of sulfonamides is 1. The molecule has 1 heterocycles. The van der Waals surface area contributed by atoms with Crippen molar-refractivity contribution in [2.24, 2.45) is 0 Å². The Morgan fingerprint density at radius 2 is 1.92 bits per heavy atom. The van der Waals surface area contributed by atoms with Crippen LogP contribution >= 0.6 is 0 Å². The number of nitrogens with zero attached hydrogens (tertiary/aromatic N) is 1. The number of benzene rings is 1. The van der Waals surface area contributed by atoms with Gasteiger partial charge in [-0.15, -0.1) is 0 Å². The number of ether oxygens (including phenoxy) is 1. The SMILES string of the molecule is CC(C)(C)OC(=O)N1C[C@H](NS(=O)(=O)c2ccc(F)cc2)C[C@H]1NC=O. The number of carbonyl (C=O) groups is 2. The molecular formula is C16H22FN3O5S. The molecule has 0 unspecified atom stereocenters. The van der Waals surface area contributed by atoms with Crippen LogP contribution in [0.3, 0.4) is 0 Å². The molecule has 2 N–H and O–H groups in total. The minimum absolute atomic E-state index is 0.0286. The fourth-order valence-corrected chi connectivity index (χ4v) is 3.82. The lowest BCUT2D eigenvalue weighted by atomic mass is 10.2. The first kappa shape index (κ1) is 20.1. The lowest BCUT2D eigenvalue weighted by Gasteiger charge is -2.28. The Labute approximate surface area is 151 Å². The van der Waals surface area contributed by atoms with Crippen LogP contribution in [-0.4, -0.2) is 50.2 Å². The molecule has 0 aliphatic carbocycles. The number of amides is 2. The molecule has 8 nitrogen and oxygen atoms in total. The predicted molar refractivity (Wildman–Crippen MR) is 91.1 cm³/mol. The van der Waals surface area contributed by atoms with Crippen LogP contribution in [0.25, 0.3) is 0 Å². The van der Waals surface area contributed by atoms with Crippen molar-refractivity contribution >= 4 is 22.5 Å². The van der Waals surface area contributed by atoms with Gasteiger partial charge in [-0.25, -0.2) is 22.3 Å². The molecule has 0 radical (unpaired) electrons. The Morgan fingerprint density at radius 1 is 1.31 bits per heavy atom. The summed E-state index contributed by atoms with van der Waals surface area (Å²) in [5, 5.41) is 2.48. The number of carbonyl (C=O) groups excluding carboxylic acids is 2. The topological polar surface area (TPSA) is 105 Å². The summed E-state index contributed by atoms with van der Waals surface area (Å²) < 4.78 is 45.6. The van der Waals surface area contributed by atoms with Crippen molar-refractivity contribution in [1.82, 2.24) is 14.9 Å². The molecule has 2 amide bonds. The molecule has 1 aliphatic rings. The highest BCUT2D eigenvalue weighted by atomic mass is 32.2. The summed E-state index contributed by atoms with van der Waals surface area (Å²) in [7, 11) is -3.89. The Hall–Kier alpha value is -2.20. The van der Waals surface area contributed by atoms with Gasteiger partial charge in [0.1, 0.15) is 17.6 Å². The highest BCUT2D eigenvalue weighted by Gasteiger charge is 2.39. The minimum Gasteiger partial charge on any atom is -0.444 e. The van der Waals surface area contributed by atoms with Gasteiger partial charge in [0.05, 0.1) is 4.90 Å². The fourth-order valence-electron chi connectivity index (χ4n) is 2.58. The second kappa shape index (κ2) is 7.58. The molecule has 26 heavy (non-hydrogen) atoms. The third kappa shape index (κ3) is 5.15. The average Bonchev–Trinajstić information content (AvgIpc) is 2.88. The zero-order chi connectivity index (χ0) is 19.5. The zero-order valence-electron chi connectivity index (χ0n) is 14.7. The van der Waals surface area contributed by atoms with E-state index in [0.29, 0.717) is 6.41 Å². The van der Waals surface area contributed by atoms with Gasteiger partial charge in [-0.05, 0) is 45.0 Å². The highest BCUT2D eigenvalue weighted by Crippen LogP contribution is 2.21. The van der Waals surface area contributed by atoms with Crippen LogP contribution in [0.1, 0.15) is 27.2 Å². The molecular weight excluding hydrogens is 365 g/mol. The molecule has 1 aromatic carbocycles. The van der Waals surface area contributed by atoms with E-state index < -0.39 is 39.7 Å². The third-order valence-electron chi connectivity index (χ3n) is 3.64. The van der Waals surface area contributed by atoms with Crippen molar-refractivity contribution in [3.8, 4) is 0 Å². The van der Waals surface area contributed by atoms with E-state index in [-0.39, 0.29) is 17.9 Å². The van der Waals surface area contributed by atoms with E-state index in [4.69, 9.17) is 4.74 Å². The van der Waals surface area contributed by atoms with Crippen LogP contribution in [0.5, 0.6) is 0 Å². The number of halogens is 1. The van der Waals surface area contributed by atoms with Crippen LogP contribution in [0, 0.1) is 5.82 Å². The van der Waals surface area contributed by atoms with Crippen LogP contribution in [-0.2, 0) is 19.6 Å². The summed E-state index contributed by atoms with van der Waals surface area (Å²) in [4.78, 5) is 24.3. The zero-order valence-corrected chi connectivity index (χ0v) is 15.5. The molecule has 0 spiro atoms. The minimum atomic E-state index is -3.89. The largest absolute Gasteiger partial charge is 0.444 e. The summed E-state index contributed by atoms with van der Waals surface area (Å²) in [6.45, 7) is 5.15. The molecule has 1 aromatic rings. The number of nitrogens with one attached hydrogen (secondary N) is 2. The van der Waals surface area contributed by atoms with Gasteiger partial charge < -0.3 is 10.1 Å². The van der Waals surface area contributed by atoms with Crippen molar-refractivity contribution in [3.63, 3.8) is 0 Å². The van der Waals surface area contributed by atoms with Gasteiger partial charge in [0.25, 0.3) is 0 Å². The summed E-state index contributed by atoms with van der Waals surface area (Å²) in [6, 6.07) is 3.77. The number of hydrogen-bond donors (Lipinski definition) is 2. The van der Waals surface area contributed by atoms with Gasteiger partial charge in [-0.2, -0.15) is 0 Å². The first-order valence-electron chi connectivity index (χ1n) is 7.99. The van der Waals surface area contributed by atoms with Gasteiger partial charge in [0.15, 0.2) is 0 Å². The number of rotatable bonds is 5. The Morgan fingerprint density at radius 3 is 2.46 bits per heavy atom. The van der Waals surface area contributed by atoms with Gasteiger partial charge in [0.2, 0.25) is 16.4 Å². The maximum atomic E-state index is 13.0. The quantitative estimate of drug-likeness (QED) is 0.739. The first-order chi connectivity index (χ1) is 12.0. The molecule has 0 aromatic heterocycles. The molecule has 1 saturated heterocycles. The molecule has 144 valence electrons.